The Kier molecular flexibility index (Phi) is 4.24. The average molecular weight is 364 g/mol. The van der Waals surface area contributed by atoms with E-state index < -0.39 is 22.0 Å². The number of hydrogen-bond donors (Lipinski definition) is 1. The lowest BCUT2D eigenvalue weighted by Crippen LogP contribution is -2.47. The lowest BCUT2D eigenvalue weighted by atomic mass is 9.94. The van der Waals surface area contributed by atoms with Crippen molar-refractivity contribution in [1.29, 1.82) is 0 Å². The largest absolute Gasteiger partial charge is 0.493 e. The Morgan fingerprint density at radius 2 is 2.16 bits per heavy atom. The standard InChI is InChI=1S/C18H24N2O4S/c19-18(21)17-15-3-1-2-14(15)11-20(17)25(22,23)9-7-12-4-5-16-13(10-12)6-8-24-16/h4-5,10,14-15,17H,1-3,6-9,11H2,(H2,19,21). The van der Waals surface area contributed by atoms with Gasteiger partial charge in [-0.2, -0.15) is 4.31 Å². The Hall–Kier alpha value is -1.60. The predicted octanol–water partition coefficient (Wildman–Crippen LogP) is 1.08. The van der Waals surface area contributed by atoms with Crippen LogP contribution in [0.15, 0.2) is 18.2 Å². The summed E-state index contributed by atoms with van der Waals surface area (Å²) in [6.45, 7) is 1.13. The SMILES string of the molecule is NC(=O)C1C2CCCC2CN1S(=O)(=O)CCc1ccc2c(c1)CCO2. The molecule has 1 amide bonds. The van der Waals surface area contributed by atoms with Crippen LogP contribution in [0.3, 0.4) is 0 Å². The van der Waals surface area contributed by atoms with Gasteiger partial charge in [-0.15, -0.1) is 0 Å². The molecule has 3 aliphatic rings. The number of sulfonamides is 1. The number of ether oxygens (including phenoxy) is 1. The Morgan fingerprint density at radius 1 is 1.32 bits per heavy atom. The fourth-order valence-electron chi connectivity index (χ4n) is 4.67. The van der Waals surface area contributed by atoms with Crippen molar-refractivity contribution in [2.75, 3.05) is 18.9 Å². The Bertz CT molecular complexity index is 792. The third-order valence-corrected chi connectivity index (χ3v) is 7.71. The van der Waals surface area contributed by atoms with E-state index in [4.69, 9.17) is 10.5 Å². The van der Waals surface area contributed by atoms with Gasteiger partial charge >= 0.3 is 0 Å². The van der Waals surface area contributed by atoms with Crippen LogP contribution in [-0.4, -0.2) is 43.6 Å². The molecule has 2 heterocycles. The van der Waals surface area contributed by atoms with Gasteiger partial charge in [0.1, 0.15) is 11.8 Å². The number of benzene rings is 1. The number of nitrogens with zero attached hydrogens (tertiary/aromatic N) is 1. The van der Waals surface area contributed by atoms with Crippen molar-refractivity contribution in [1.82, 2.24) is 4.31 Å². The van der Waals surface area contributed by atoms with E-state index in [-0.39, 0.29) is 17.6 Å². The van der Waals surface area contributed by atoms with Crippen molar-refractivity contribution >= 4 is 15.9 Å². The molecule has 1 aromatic carbocycles. The van der Waals surface area contributed by atoms with E-state index in [1.807, 2.05) is 18.2 Å². The highest BCUT2D eigenvalue weighted by molar-refractivity contribution is 7.89. The predicted molar refractivity (Wildman–Crippen MR) is 93.7 cm³/mol. The second-order valence-corrected chi connectivity index (χ2v) is 9.42. The fraction of sp³-hybridized carbons (Fsp3) is 0.611. The number of primary amides is 1. The Labute approximate surface area is 148 Å². The molecule has 1 aliphatic carbocycles. The summed E-state index contributed by atoms with van der Waals surface area (Å²) in [6.07, 6.45) is 4.26. The van der Waals surface area contributed by atoms with E-state index in [1.165, 1.54) is 4.31 Å². The van der Waals surface area contributed by atoms with Crippen LogP contribution in [0.4, 0.5) is 0 Å². The maximum Gasteiger partial charge on any atom is 0.236 e. The van der Waals surface area contributed by atoms with Crippen molar-refractivity contribution in [3.8, 4) is 5.75 Å². The van der Waals surface area contributed by atoms with Crippen LogP contribution in [-0.2, 0) is 27.7 Å². The van der Waals surface area contributed by atoms with Crippen LogP contribution in [0, 0.1) is 11.8 Å². The van der Waals surface area contributed by atoms with Crippen LogP contribution in [0.25, 0.3) is 0 Å². The fourth-order valence-corrected chi connectivity index (χ4v) is 6.42. The second-order valence-electron chi connectivity index (χ2n) is 7.38. The van der Waals surface area contributed by atoms with Gasteiger partial charge in [-0.05, 0) is 48.3 Å². The number of hydrogen-bond acceptors (Lipinski definition) is 4. The van der Waals surface area contributed by atoms with Crippen molar-refractivity contribution in [2.24, 2.45) is 17.6 Å². The topological polar surface area (TPSA) is 89.7 Å². The maximum atomic E-state index is 12.9. The van der Waals surface area contributed by atoms with Crippen LogP contribution in [0.2, 0.25) is 0 Å². The molecule has 2 N–H and O–H groups in total. The van der Waals surface area contributed by atoms with Crippen LogP contribution in [0.5, 0.6) is 5.75 Å². The van der Waals surface area contributed by atoms with E-state index in [0.717, 1.165) is 42.6 Å². The third kappa shape index (κ3) is 3.04. The molecule has 0 bridgehead atoms. The average Bonchev–Trinajstić information content (AvgIpc) is 3.26. The lowest BCUT2D eigenvalue weighted by Gasteiger charge is -2.24. The molecule has 3 unspecified atom stereocenters. The first kappa shape index (κ1) is 16.8. The first-order chi connectivity index (χ1) is 12.0. The quantitative estimate of drug-likeness (QED) is 0.847. The highest BCUT2D eigenvalue weighted by Crippen LogP contribution is 2.43. The molecule has 0 radical (unpaired) electrons. The minimum Gasteiger partial charge on any atom is -0.493 e. The van der Waals surface area contributed by atoms with E-state index in [9.17, 15) is 13.2 Å². The zero-order chi connectivity index (χ0) is 17.6. The lowest BCUT2D eigenvalue weighted by molar-refractivity contribution is -0.122. The molecule has 136 valence electrons. The van der Waals surface area contributed by atoms with Crippen molar-refractivity contribution in [3.63, 3.8) is 0 Å². The molecule has 25 heavy (non-hydrogen) atoms. The second kappa shape index (κ2) is 6.29. The Balaban J connectivity index is 1.48. The molecular weight excluding hydrogens is 340 g/mol. The highest BCUT2D eigenvalue weighted by atomic mass is 32.2. The third-order valence-electron chi connectivity index (χ3n) is 5.90. The van der Waals surface area contributed by atoms with Crippen molar-refractivity contribution < 1.29 is 17.9 Å². The van der Waals surface area contributed by atoms with E-state index >= 15 is 0 Å². The number of rotatable bonds is 5. The number of amides is 1. The number of nitrogens with two attached hydrogens (primary N) is 1. The molecule has 0 aromatic heterocycles. The van der Waals surface area contributed by atoms with Gasteiger partial charge in [0.15, 0.2) is 0 Å². The normalized spacial score (nSPS) is 28.6. The first-order valence-electron chi connectivity index (χ1n) is 8.99. The number of fused-ring (bicyclic) bond motifs is 2. The summed E-state index contributed by atoms with van der Waals surface area (Å²) in [5.74, 6) is 0.782. The van der Waals surface area contributed by atoms with E-state index in [2.05, 4.69) is 0 Å². The minimum atomic E-state index is -3.51. The molecule has 7 heteroatoms. The molecule has 4 rings (SSSR count). The minimum absolute atomic E-state index is 0.00979. The van der Waals surface area contributed by atoms with Gasteiger partial charge in [0.2, 0.25) is 15.9 Å². The summed E-state index contributed by atoms with van der Waals surface area (Å²) in [5, 5.41) is 0. The summed E-state index contributed by atoms with van der Waals surface area (Å²) in [6, 6.07) is 5.20. The van der Waals surface area contributed by atoms with Crippen molar-refractivity contribution in [3.05, 3.63) is 29.3 Å². The molecule has 1 aromatic rings. The van der Waals surface area contributed by atoms with Gasteiger partial charge in [-0.1, -0.05) is 18.6 Å². The Morgan fingerprint density at radius 3 is 2.96 bits per heavy atom. The summed E-state index contributed by atoms with van der Waals surface area (Å²) in [5.41, 5.74) is 7.68. The van der Waals surface area contributed by atoms with E-state index in [0.29, 0.717) is 19.6 Å². The summed E-state index contributed by atoms with van der Waals surface area (Å²) < 4.78 is 32.6. The molecule has 2 fully saturated rings. The molecule has 1 saturated heterocycles. The number of carbonyl (C=O) groups excluding carboxylic acids is 1. The molecule has 0 spiro atoms. The van der Waals surface area contributed by atoms with Gasteiger partial charge in [0, 0.05) is 13.0 Å². The summed E-state index contributed by atoms with van der Waals surface area (Å²) >= 11 is 0. The number of aryl methyl sites for hydroxylation is 1. The van der Waals surface area contributed by atoms with Crippen molar-refractivity contribution in [2.45, 2.75) is 38.1 Å². The van der Waals surface area contributed by atoms with Gasteiger partial charge in [-0.3, -0.25) is 4.79 Å². The molecule has 3 atom stereocenters. The smallest absolute Gasteiger partial charge is 0.236 e. The van der Waals surface area contributed by atoms with Gasteiger partial charge < -0.3 is 10.5 Å². The molecular formula is C18H24N2O4S. The van der Waals surface area contributed by atoms with Gasteiger partial charge in [-0.25, -0.2) is 8.42 Å². The molecule has 1 saturated carbocycles. The van der Waals surface area contributed by atoms with Gasteiger partial charge in [0.05, 0.1) is 12.4 Å². The molecule has 6 nitrogen and oxygen atoms in total. The van der Waals surface area contributed by atoms with Gasteiger partial charge in [0.25, 0.3) is 0 Å². The zero-order valence-corrected chi connectivity index (χ0v) is 15.0. The molecule has 2 aliphatic heterocycles. The zero-order valence-electron chi connectivity index (χ0n) is 14.2. The van der Waals surface area contributed by atoms with Crippen LogP contribution in [0.1, 0.15) is 30.4 Å². The number of carbonyl (C=O) groups is 1. The maximum absolute atomic E-state index is 12.9. The highest BCUT2D eigenvalue weighted by Gasteiger charge is 2.50. The van der Waals surface area contributed by atoms with E-state index in [1.54, 1.807) is 0 Å². The first-order valence-corrected chi connectivity index (χ1v) is 10.6. The van der Waals surface area contributed by atoms with Crippen LogP contribution < -0.4 is 10.5 Å². The van der Waals surface area contributed by atoms with Crippen LogP contribution >= 0.6 is 0 Å². The monoisotopic (exact) mass is 364 g/mol. The summed E-state index contributed by atoms with van der Waals surface area (Å²) in [4.78, 5) is 11.9. The summed E-state index contributed by atoms with van der Waals surface area (Å²) in [7, 11) is -3.51.